The van der Waals surface area contributed by atoms with Gasteiger partial charge in [-0.05, 0) is 35.4 Å². The molecule has 0 atom stereocenters. The maximum Gasteiger partial charge on any atom is 0.461 e. The maximum absolute atomic E-state index is 14.6. The minimum absolute atomic E-state index is 0.0154. The zero-order valence-electron chi connectivity index (χ0n) is 21.0. The molecule has 0 unspecified atom stereocenters. The summed E-state index contributed by atoms with van der Waals surface area (Å²) in [5, 5.41) is 3.15. The molecule has 0 bridgehead atoms. The van der Waals surface area contributed by atoms with Gasteiger partial charge in [-0.15, -0.1) is 0 Å². The van der Waals surface area contributed by atoms with Crippen molar-refractivity contribution in [1.82, 2.24) is 0 Å². The van der Waals surface area contributed by atoms with Crippen molar-refractivity contribution in [2.75, 3.05) is 10.6 Å². The van der Waals surface area contributed by atoms with Gasteiger partial charge in [-0.2, -0.15) is 61.5 Å². The van der Waals surface area contributed by atoms with Crippen LogP contribution >= 0.6 is 0 Å². The predicted molar refractivity (Wildman–Crippen MR) is 118 cm³/mol. The Morgan fingerprint density at radius 2 is 0.907 bits per heavy atom. The Kier molecular flexibility index (Phi) is 9.78. The average Bonchev–Trinajstić information content (AvgIpc) is 2.79. The lowest BCUT2D eigenvalue weighted by atomic mass is 9.72. The molecule has 2 aromatic carbocycles. The molecule has 2 rings (SSSR count). The van der Waals surface area contributed by atoms with Crippen LogP contribution in [0.5, 0.6) is 11.5 Å². The lowest BCUT2D eigenvalue weighted by Gasteiger charge is -2.39. The Morgan fingerprint density at radius 3 is 1.14 bits per heavy atom. The molecule has 0 saturated heterocycles. The first-order valence-electron chi connectivity index (χ1n) is 11.0. The first-order chi connectivity index (χ1) is 19.4. The van der Waals surface area contributed by atoms with Crippen LogP contribution in [0.25, 0.3) is 0 Å². The van der Waals surface area contributed by atoms with E-state index in [1.165, 1.54) is 0 Å². The highest BCUT2D eigenvalue weighted by atomic mass is 19.4. The van der Waals surface area contributed by atoms with E-state index in [-0.39, 0.29) is 36.4 Å². The van der Waals surface area contributed by atoms with E-state index in [2.05, 4.69) is 9.47 Å². The lowest BCUT2D eigenvalue weighted by molar-refractivity contribution is -0.288. The summed E-state index contributed by atoms with van der Waals surface area (Å²) in [6.45, 7) is 1.24. The summed E-state index contributed by atoms with van der Waals surface area (Å²) in [5.41, 5.74) is -11.8. The zero-order valence-corrected chi connectivity index (χ0v) is 21.0. The van der Waals surface area contributed by atoms with Crippen LogP contribution in [0.2, 0.25) is 0 Å². The summed E-state index contributed by atoms with van der Waals surface area (Å²) in [7, 11) is 0. The Balaban J connectivity index is 2.98. The normalized spacial score (nSPS) is 13.3. The predicted octanol–water partition coefficient (Wildman–Crippen LogP) is 7.49. The molecule has 2 N–H and O–H groups in total. The molecule has 2 aromatic rings. The number of amides is 2. The van der Waals surface area contributed by atoms with Crippen LogP contribution in [0.15, 0.2) is 36.4 Å². The average molecular weight is 650 g/mol. The van der Waals surface area contributed by atoms with E-state index in [1.54, 1.807) is 10.6 Å². The first-order valence-corrected chi connectivity index (χ1v) is 11.0. The summed E-state index contributed by atoms with van der Waals surface area (Å²) in [4.78, 5) is 23.0. The van der Waals surface area contributed by atoms with Crippen molar-refractivity contribution in [1.29, 1.82) is 0 Å². The van der Waals surface area contributed by atoms with E-state index in [1.807, 2.05) is 0 Å². The molecule has 0 aliphatic heterocycles. The Bertz CT molecular complexity index is 1240. The molecule has 2 amide bonds. The molecule has 0 heterocycles. The van der Waals surface area contributed by atoms with Gasteiger partial charge in [0.15, 0.2) is 0 Å². The number of ether oxygens (including phenoxy) is 2. The summed E-state index contributed by atoms with van der Waals surface area (Å²) >= 11 is 0. The smallest absolute Gasteiger partial charge is 0.426 e. The van der Waals surface area contributed by atoms with Crippen molar-refractivity contribution in [3.05, 3.63) is 47.5 Å². The molecule has 0 saturated carbocycles. The van der Waals surface area contributed by atoms with Crippen molar-refractivity contribution in [3.63, 3.8) is 0 Å². The van der Waals surface area contributed by atoms with Gasteiger partial charge in [0.25, 0.3) is 0 Å². The fourth-order valence-corrected chi connectivity index (χ4v) is 3.64. The summed E-state index contributed by atoms with van der Waals surface area (Å²) < 4.78 is 199. The molecule has 240 valence electrons. The second-order valence-corrected chi connectivity index (χ2v) is 8.46. The number of carbonyl (C=O) groups is 2. The van der Waals surface area contributed by atoms with E-state index in [4.69, 9.17) is 0 Å². The summed E-state index contributed by atoms with van der Waals surface area (Å²) in [6, 6.07) is -0.607. The van der Waals surface area contributed by atoms with Gasteiger partial charge in [-0.3, -0.25) is 9.59 Å². The monoisotopic (exact) mass is 650 g/mol. The van der Waals surface area contributed by atoms with Crippen LogP contribution in [-0.4, -0.2) is 49.2 Å². The highest BCUT2D eigenvalue weighted by molar-refractivity contribution is 5.91. The SMILES string of the molecule is CC(=O)Nc1cc(C(c2ccc(OC(F)(F)C(F)F)c(NC(C)=O)c2)(C(F)(F)F)C(F)(F)F)ccc1OC(F)(F)C(F)F. The molecule has 43 heavy (non-hydrogen) atoms. The first kappa shape index (κ1) is 35.2. The van der Waals surface area contributed by atoms with E-state index in [0.29, 0.717) is 13.8 Å². The van der Waals surface area contributed by atoms with Crippen molar-refractivity contribution in [2.24, 2.45) is 0 Å². The molecule has 20 heteroatoms. The van der Waals surface area contributed by atoms with Crippen molar-refractivity contribution < 1.29 is 80.5 Å². The van der Waals surface area contributed by atoms with Gasteiger partial charge in [-0.1, -0.05) is 12.1 Å². The molecule has 0 radical (unpaired) electrons. The Morgan fingerprint density at radius 1 is 0.605 bits per heavy atom. The van der Waals surface area contributed by atoms with Gasteiger partial charge in [0, 0.05) is 13.8 Å². The fourth-order valence-electron chi connectivity index (χ4n) is 3.64. The molecular weight excluding hydrogens is 634 g/mol. The van der Waals surface area contributed by atoms with E-state index >= 15 is 0 Å². The lowest BCUT2D eigenvalue weighted by Crippen LogP contribution is -2.54. The number of hydrogen-bond donors (Lipinski definition) is 2. The van der Waals surface area contributed by atoms with Crippen LogP contribution < -0.4 is 20.1 Å². The molecule has 0 aromatic heterocycles. The summed E-state index contributed by atoms with van der Waals surface area (Å²) in [5.74, 6) is -5.55. The van der Waals surface area contributed by atoms with Gasteiger partial charge < -0.3 is 20.1 Å². The minimum Gasteiger partial charge on any atom is -0.426 e. The second kappa shape index (κ2) is 11.9. The van der Waals surface area contributed by atoms with Crippen molar-refractivity contribution in [2.45, 2.75) is 56.7 Å². The van der Waals surface area contributed by atoms with Crippen LogP contribution in [0, 0.1) is 0 Å². The van der Waals surface area contributed by atoms with E-state index in [0.717, 1.165) is 0 Å². The number of rotatable bonds is 10. The minimum atomic E-state index is -6.46. The number of carbonyl (C=O) groups excluding carboxylic acids is 2. The zero-order chi connectivity index (χ0) is 33.3. The number of nitrogens with one attached hydrogen (secondary N) is 2. The van der Waals surface area contributed by atoms with Crippen LogP contribution in [-0.2, 0) is 15.0 Å². The molecule has 6 nitrogen and oxygen atoms in total. The van der Waals surface area contributed by atoms with Crippen molar-refractivity contribution in [3.8, 4) is 11.5 Å². The Labute approximate surface area is 230 Å². The van der Waals surface area contributed by atoms with Crippen LogP contribution in [0.1, 0.15) is 25.0 Å². The molecule has 0 aliphatic carbocycles. The number of halogens is 14. The highest BCUT2D eigenvalue weighted by Crippen LogP contribution is 2.58. The third-order valence-electron chi connectivity index (χ3n) is 5.30. The van der Waals surface area contributed by atoms with Crippen LogP contribution in [0.4, 0.5) is 72.8 Å². The van der Waals surface area contributed by atoms with Crippen LogP contribution in [0.3, 0.4) is 0 Å². The van der Waals surface area contributed by atoms with Gasteiger partial charge in [0.1, 0.15) is 11.5 Å². The standard InChI is InChI=1S/C23H16F14N2O4/c1-9(40)38-13-7-11(3-5-15(13)42-20(28,29)17(24)25)19(22(32,33)34,23(35,36)37)12-4-6-16(14(8-12)39-10(2)41)43-21(30,31)18(26)27/h3-8,17-18H,1-2H3,(H,38,40)(H,39,41). The summed E-state index contributed by atoms with van der Waals surface area (Å²) in [6.07, 6.45) is -32.7. The third kappa shape index (κ3) is 7.32. The van der Waals surface area contributed by atoms with Gasteiger partial charge in [0.2, 0.25) is 17.2 Å². The van der Waals surface area contributed by atoms with Gasteiger partial charge in [-0.25, -0.2) is 0 Å². The fraction of sp³-hybridized carbons (Fsp3) is 0.391. The number of hydrogen-bond acceptors (Lipinski definition) is 4. The topological polar surface area (TPSA) is 76.7 Å². The quantitative estimate of drug-likeness (QED) is 0.262. The maximum atomic E-state index is 14.6. The molecule has 0 fully saturated rings. The number of benzene rings is 2. The second-order valence-electron chi connectivity index (χ2n) is 8.46. The van der Waals surface area contributed by atoms with E-state index in [9.17, 15) is 71.1 Å². The molecule has 0 aliphatic rings. The van der Waals surface area contributed by atoms with Gasteiger partial charge in [0.05, 0.1) is 11.4 Å². The number of alkyl halides is 14. The largest absolute Gasteiger partial charge is 0.461 e. The van der Waals surface area contributed by atoms with Crippen molar-refractivity contribution >= 4 is 23.2 Å². The molecular formula is C23H16F14N2O4. The number of anilines is 2. The van der Waals surface area contributed by atoms with E-state index < -0.39 is 88.7 Å². The Hall–Kier alpha value is -4.00. The third-order valence-corrected chi connectivity index (χ3v) is 5.30. The molecule has 0 spiro atoms. The van der Waals surface area contributed by atoms with Gasteiger partial charge >= 0.3 is 37.4 Å². The highest BCUT2D eigenvalue weighted by Gasteiger charge is 2.72.